The van der Waals surface area contributed by atoms with Crippen molar-refractivity contribution in [2.75, 3.05) is 18.9 Å². The molecule has 0 fully saturated rings. The van der Waals surface area contributed by atoms with Gasteiger partial charge in [0.15, 0.2) is 0 Å². The highest BCUT2D eigenvalue weighted by Gasteiger charge is 2.26. The fraction of sp³-hybridized carbons (Fsp3) is 1.00. The number of sulfonamides is 1. The summed E-state index contributed by atoms with van der Waals surface area (Å²) in [4.78, 5) is 0. The van der Waals surface area contributed by atoms with Crippen LogP contribution in [0.5, 0.6) is 0 Å². The average molecular weight is 237 g/mol. The van der Waals surface area contributed by atoms with Crippen LogP contribution in [0.4, 0.5) is 0 Å². The maximum atomic E-state index is 11.4. The first-order valence-corrected chi connectivity index (χ1v) is 7.18. The Hall–Kier alpha value is -0.130. The van der Waals surface area contributed by atoms with Crippen LogP contribution in [0.25, 0.3) is 0 Å². The quantitative estimate of drug-likeness (QED) is 0.664. The third kappa shape index (κ3) is 4.95. The van der Waals surface area contributed by atoms with Crippen LogP contribution in [0, 0.1) is 5.41 Å². The molecule has 0 unspecified atom stereocenters. The Balaban J connectivity index is 4.34. The van der Waals surface area contributed by atoms with Crippen LogP contribution < -0.4 is 4.72 Å². The molecule has 4 nitrogen and oxygen atoms in total. The summed E-state index contributed by atoms with van der Waals surface area (Å²) in [6, 6.07) is 0. The summed E-state index contributed by atoms with van der Waals surface area (Å²) in [5, 5.41) is 9.27. The predicted molar refractivity (Wildman–Crippen MR) is 62.2 cm³/mol. The Bertz CT molecular complexity index is 250. The van der Waals surface area contributed by atoms with Crippen LogP contribution in [0.2, 0.25) is 0 Å². The lowest BCUT2D eigenvalue weighted by molar-refractivity contribution is 0.119. The zero-order chi connectivity index (χ0) is 11.9. The van der Waals surface area contributed by atoms with Gasteiger partial charge in [-0.15, -0.1) is 0 Å². The molecule has 0 spiro atoms. The normalized spacial score (nSPS) is 13.1. The lowest BCUT2D eigenvalue weighted by Crippen LogP contribution is -2.40. The molecule has 0 saturated carbocycles. The molecular formula is C10H23NO3S. The van der Waals surface area contributed by atoms with E-state index in [1.165, 1.54) is 0 Å². The van der Waals surface area contributed by atoms with E-state index in [2.05, 4.69) is 4.72 Å². The maximum Gasteiger partial charge on any atom is 0.211 e. The van der Waals surface area contributed by atoms with Crippen molar-refractivity contribution in [3.63, 3.8) is 0 Å². The van der Waals surface area contributed by atoms with Gasteiger partial charge in [-0.25, -0.2) is 13.1 Å². The molecule has 92 valence electrons. The Morgan fingerprint density at radius 2 is 1.73 bits per heavy atom. The Kier molecular flexibility index (Phi) is 6.40. The van der Waals surface area contributed by atoms with E-state index in [1.54, 1.807) is 0 Å². The van der Waals surface area contributed by atoms with Crippen LogP contribution in [-0.2, 0) is 10.0 Å². The number of aliphatic hydroxyl groups excluding tert-OH is 1. The van der Waals surface area contributed by atoms with Crippen LogP contribution in [0.1, 0.15) is 40.0 Å². The molecule has 0 amide bonds. The molecule has 0 bridgehead atoms. The number of nitrogens with one attached hydrogen (secondary N) is 1. The molecule has 0 aromatic heterocycles. The van der Waals surface area contributed by atoms with Gasteiger partial charge in [0.25, 0.3) is 0 Å². The van der Waals surface area contributed by atoms with E-state index >= 15 is 0 Å². The van der Waals surface area contributed by atoms with Gasteiger partial charge in [0.2, 0.25) is 10.0 Å². The molecule has 0 radical (unpaired) electrons. The minimum atomic E-state index is -3.16. The highest BCUT2D eigenvalue weighted by molar-refractivity contribution is 7.89. The van der Waals surface area contributed by atoms with Crippen molar-refractivity contribution in [2.24, 2.45) is 5.41 Å². The molecule has 0 aromatic rings. The second-order valence-corrected chi connectivity index (χ2v) is 5.93. The number of rotatable bonds is 8. The summed E-state index contributed by atoms with van der Waals surface area (Å²) < 4.78 is 25.4. The molecule has 0 aliphatic carbocycles. The second kappa shape index (κ2) is 6.45. The van der Waals surface area contributed by atoms with Crippen molar-refractivity contribution in [3.8, 4) is 0 Å². The minimum absolute atomic E-state index is 0.0225. The summed E-state index contributed by atoms with van der Waals surface area (Å²) >= 11 is 0. The van der Waals surface area contributed by atoms with Crippen molar-refractivity contribution in [1.82, 2.24) is 4.72 Å². The fourth-order valence-electron chi connectivity index (χ4n) is 1.38. The number of hydrogen-bond acceptors (Lipinski definition) is 3. The van der Waals surface area contributed by atoms with Crippen molar-refractivity contribution >= 4 is 10.0 Å². The first kappa shape index (κ1) is 14.9. The van der Waals surface area contributed by atoms with Gasteiger partial charge in [0.1, 0.15) is 0 Å². The number of aliphatic hydroxyl groups is 1. The Morgan fingerprint density at radius 3 is 2.07 bits per heavy atom. The minimum Gasteiger partial charge on any atom is -0.396 e. The molecular weight excluding hydrogens is 214 g/mol. The molecule has 5 heteroatoms. The van der Waals surface area contributed by atoms with E-state index in [4.69, 9.17) is 0 Å². The lowest BCUT2D eigenvalue weighted by atomic mass is 9.84. The van der Waals surface area contributed by atoms with Gasteiger partial charge in [-0.3, -0.25) is 0 Å². The highest BCUT2D eigenvalue weighted by atomic mass is 32.2. The van der Waals surface area contributed by atoms with E-state index in [-0.39, 0.29) is 17.8 Å². The van der Waals surface area contributed by atoms with Crippen LogP contribution in [-0.4, -0.2) is 32.4 Å². The van der Waals surface area contributed by atoms with Gasteiger partial charge in [0.05, 0.1) is 5.75 Å². The van der Waals surface area contributed by atoms with E-state index in [0.717, 1.165) is 12.8 Å². The Labute approximate surface area is 93.1 Å². The molecule has 2 N–H and O–H groups in total. The van der Waals surface area contributed by atoms with Crippen molar-refractivity contribution in [1.29, 1.82) is 0 Å². The molecule has 0 aliphatic rings. The highest BCUT2D eigenvalue weighted by Crippen LogP contribution is 2.24. The van der Waals surface area contributed by atoms with Gasteiger partial charge in [-0.05, 0) is 19.3 Å². The summed E-state index contributed by atoms with van der Waals surface area (Å²) in [6.07, 6.45) is 2.16. The smallest absolute Gasteiger partial charge is 0.211 e. The molecule has 0 aliphatic heterocycles. The average Bonchev–Trinajstić information content (AvgIpc) is 2.21. The van der Waals surface area contributed by atoms with Crippen molar-refractivity contribution in [3.05, 3.63) is 0 Å². The Morgan fingerprint density at radius 1 is 1.20 bits per heavy atom. The van der Waals surface area contributed by atoms with Crippen molar-refractivity contribution in [2.45, 2.75) is 40.0 Å². The van der Waals surface area contributed by atoms with Crippen molar-refractivity contribution < 1.29 is 13.5 Å². The molecule has 0 heterocycles. The van der Waals surface area contributed by atoms with Crippen LogP contribution in [0.15, 0.2) is 0 Å². The van der Waals surface area contributed by atoms with Gasteiger partial charge < -0.3 is 5.11 Å². The van der Waals surface area contributed by atoms with E-state index in [0.29, 0.717) is 13.0 Å². The molecule has 0 saturated heterocycles. The van der Waals surface area contributed by atoms with Gasteiger partial charge >= 0.3 is 0 Å². The zero-order valence-electron chi connectivity index (χ0n) is 9.91. The SMILES string of the molecule is CCCS(=O)(=O)NCC(CC)(CC)CO. The maximum absolute atomic E-state index is 11.4. The van der Waals surface area contributed by atoms with E-state index in [9.17, 15) is 13.5 Å². The monoisotopic (exact) mass is 237 g/mol. The first-order valence-electron chi connectivity index (χ1n) is 5.53. The summed E-state index contributed by atoms with van der Waals surface area (Å²) in [5.41, 5.74) is -0.305. The zero-order valence-corrected chi connectivity index (χ0v) is 10.7. The fourth-order valence-corrected chi connectivity index (χ4v) is 2.59. The van der Waals surface area contributed by atoms with Gasteiger partial charge in [-0.2, -0.15) is 0 Å². The topological polar surface area (TPSA) is 66.4 Å². The van der Waals surface area contributed by atoms with Crippen LogP contribution in [0.3, 0.4) is 0 Å². The van der Waals surface area contributed by atoms with E-state index in [1.807, 2.05) is 20.8 Å². The molecule has 0 rings (SSSR count). The molecule has 15 heavy (non-hydrogen) atoms. The summed E-state index contributed by atoms with van der Waals surface area (Å²) in [6.45, 7) is 6.12. The predicted octanol–water partition coefficient (Wildman–Crippen LogP) is 1.11. The van der Waals surface area contributed by atoms with Crippen LogP contribution >= 0.6 is 0 Å². The van der Waals surface area contributed by atoms with Gasteiger partial charge in [0, 0.05) is 18.6 Å². The lowest BCUT2D eigenvalue weighted by Gasteiger charge is -2.29. The largest absolute Gasteiger partial charge is 0.396 e. The third-order valence-corrected chi connectivity index (χ3v) is 4.51. The summed E-state index contributed by atoms with van der Waals surface area (Å²) in [5.74, 6) is 0.155. The molecule has 0 aromatic carbocycles. The standard InChI is InChI=1S/C10H23NO3S/c1-4-7-15(13,14)11-8-10(5-2,6-3)9-12/h11-12H,4-9H2,1-3H3. The van der Waals surface area contributed by atoms with Gasteiger partial charge in [-0.1, -0.05) is 20.8 Å². The number of hydrogen-bond donors (Lipinski definition) is 2. The third-order valence-electron chi connectivity index (χ3n) is 2.98. The van der Waals surface area contributed by atoms with E-state index < -0.39 is 10.0 Å². The second-order valence-electron chi connectivity index (χ2n) is 4.01. The summed E-state index contributed by atoms with van der Waals surface area (Å²) in [7, 11) is -3.16. The first-order chi connectivity index (χ1) is 6.95. The molecule has 0 atom stereocenters.